The van der Waals surface area contributed by atoms with E-state index in [9.17, 15) is 9.59 Å². The number of esters is 2. The topological polar surface area (TPSA) is 64.6 Å². The van der Waals surface area contributed by atoms with Crippen molar-refractivity contribution in [2.45, 2.75) is 32.4 Å². The smallest absolute Gasteiger partial charge is 0.302 e. The van der Waals surface area contributed by atoms with Gasteiger partial charge in [0.05, 0.1) is 0 Å². The second kappa shape index (κ2) is 4.95. The predicted octanol–water partition coefficient (Wildman–Crippen LogP) is -0.157. The van der Waals surface area contributed by atoms with E-state index in [-0.39, 0.29) is 24.1 Å². The summed E-state index contributed by atoms with van der Waals surface area (Å²) in [5, 5.41) is 3.11. The van der Waals surface area contributed by atoms with Crippen molar-refractivity contribution in [2.24, 2.45) is 0 Å². The lowest BCUT2D eigenvalue weighted by Gasteiger charge is -2.10. The van der Waals surface area contributed by atoms with Crippen molar-refractivity contribution in [1.29, 1.82) is 0 Å². The Morgan fingerprint density at radius 2 is 2.07 bits per heavy atom. The zero-order chi connectivity index (χ0) is 10.6. The van der Waals surface area contributed by atoms with Gasteiger partial charge in [-0.1, -0.05) is 0 Å². The molecule has 0 aromatic carbocycles. The van der Waals surface area contributed by atoms with Crippen LogP contribution < -0.4 is 5.32 Å². The molecule has 0 radical (unpaired) electrons. The van der Waals surface area contributed by atoms with Crippen LogP contribution in [-0.4, -0.2) is 37.2 Å². The number of rotatable bonds is 3. The van der Waals surface area contributed by atoms with Gasteiger partial charge >= 0.3 is 11.9 Å². The van der Waals surface area contributed by atoms with Crippen LogP contribution >= 0.6 is 0 Å². The van der Waals surface area contributed by atoms with Gasteiger partial charge in [-0.25, -0.2) is 0 Å². The first-order valence-electron chi connectivity index (χ1n) is 4.62. The summed E-state index contributed by atoms with van der Waals surface area (Å²) in [6.45, 7) is 3.73. The lowest BCUT2D eigenvalue weighted by molar-refractivity contribution is -0.146. The molecule has 80 valence electrons. The summed E-state index contributed by atoms with van der Waals surface area (Å²) in [5.74, 6) is -0.562. The fourth-order valence-electron chi connectivity index (χ4n) is 1.45. The number of nitrogens with one attached hydrogen (secondary N) is 1. The van der Waals surface area contributed by atoms with E-state index in [0.29, 0.717) is 19.6 Å². The fraction of sp³-hybridized carbons (Fsp3) is 0.778. The fourth-order valence-corrected chi connectivity index (χ4v) is 1.45. The van der Waals surface area contributed by atoms with Gasteiger partial charge in [0, 0.05) is 32.9 Å². The Morgan fingerprint density at radius 3 is 2.64 bits per heavy atom. The lowest BCUT2D eigenvalue weighted by atomic mass is 10.2. The molecule has 1 fully saturated rings. The number of carbonyl (C=O) groups excluding carboxylic acids is 2. The largest absolute Gasteiger partial charge is 0.464 e. The molecule has 1 N–H and O–H groups in total. The molecular weight excluding hydrogens is 186 g/mol. The van der Waals surface area contributed by atoms with Gasteiger partial charge in [0.25, 0.3) is 0 Å². The van der Waals surface area contributed by atoms with Gasteiger partial charge in [0.1, 0.15) is 12.7 Å². The molecular formula is C9H15NO4. The first-order chi connectivity index (χ1) is 6.58. The molecule has 0 aromatic heterocycles. The quantitative estimate of drug-likeness (QED) is 0.643. The summed E-state index contributed by atoms with van der Waals surface area (Å²) in [6, 6.07) is 0.100. The Labute approximate surface area is 82.8 Å². The molecule has 0 amide bonds. The summed E-state index contributed by atoms with van der Waals surface area (Å²) in [4.78, 5) is 21.2. The van der Waals surface area contributed by atoms with Crippen molar-refractivity contribution in [3.63, 3.8) is 0 Å². The Kier molecular flexibility index (Phi) is 3.88. The Balaban J connectivity index is 2.20. The maximum Gasteiger partial charge on any atom is 0.302 e. The van der Waals surface area contributed by atoms with Crippen LogP contribution in [0.5, 0.6) is 0 Å². The van der Waals surface area contributed by atoms with Crippen LogP contribution in [0.2, 0.25) is 0 Å². The molecule has 0 unspecified atom stereocenters. The Morgan fingerprint density at radius 1 is 1.36 bits per heavy atom. The van der Waals surface area contributed by atoms with E-state index in [1.807, 2.05) is 0 Å². The minimum absolute atomic E-state index is 0.0898. The average Bonchev–Trinajstić information content (AvgIpc) is 2.47. The van der Waals surface area contributed by atoms with Gasteiger partial charge in [-0.3, -0.25) is 9.59 Å². The molecule has 1 rings (SSSR count). The molecule has 0 aliphatic carbocycles. The van der Waals surface area contributed by atoms with Crippen LogP contribution in [0.25, 0.3) is 0 Å². The van der Waals surface area contributed by atoms with Gasteiger partial charge < -0.3 is 14.8 Å². The van der Waals surface area contributed by atoms with Crippen molar-refractivity contribution < 1.29 is 19.1 Å². The van der Waals surface area contributed by atoms with E-state index >= 15 is 0 Å². The first-order valence-corrected chi connectivity index (χ1v) is 4.62. The highest BCUT2D eigenvalue weighted by Gasteiger charge is 2.26. The van der Waals surface area contributed by atoms with E-state index < -0.39 is 0 Å². The van der Waals surface area contributed by atoms with E-state index in [2.05, 4.69) is 5.32 Å². The van der Waals surface area contributed by atoms with Crippen molar-refractivity contribution in [3.8, 4) is 0 Å². The van der Waals surface area contributed by atoms with Crippen molar-refractivity contribution in [3.05, 3.63) is 0 Å². The van der Waals surface area contributed by atoms with Crippen LogP contribution in [0.15, 0.2) is 0 Å². The highest BCUT2D eigenvalue weighted by atomic mass is 16.5. The number of hydrogen-bond donors (Lipinski definition) is 1. The molecule has 2 atom stereocenters. The summed E-state index contributed by atoms with van der Waals surface area (Å²) >= 11 is 0. The minimum Gasteiger partial charge on any atom is -0.464 e. The van der Waals surface area contributed by atoms with Crippen LogP contribution in [0, 0.1) is 0 Å². The molecule has 0 spiro atoms. The second-order valence-corrected chi connectivity index (χ2v) is 3.37. The molecule has 1 aliphatic rings. The highest BCUT2D eigenvalue weighted by molar-refractivity contribution is 5.66. The maximum absolute atomic E-state index is 10.6. The van der Waals surface area contributed by atoms with E-state index in [1.165, 1.54) is 13.8 Å². The van der Waals surface area contributed by atoms with Crippen LogP contribution in [0.4, 0.5) is 0 Å². The van der Waals surface area contributed by atoms with Crippen molar-refractivity contribution in [1.82, 2.24) is 5.32 Å². The predicted molar refractivity (Wildman–Crippen MR) is 48.6 cm³/mol. The molecule has 0 aromatic rings. The molecule has 0 saturated carbocycles. The lowest BCUT2D eigenvalue weighted by Crippen LogP contribution is -2.27. The Hall–Kier alpha value is -1.10. The highest BCUT2D eigenvalue weighted by Crippen LogP contribution is 2.10. The molecule has 0 bridgehead atoms. The van der Waals surface area contributed by atoms with Gasteiger partial charge in [-0.05, 0) is 0 Å². The number of ether oxygens (including phenoxy) is 2. The third kappa shape index (κ3) is 3.74. The second-order valence-electron chi connectivity index (χ2n) is 3.37. The first kappa shape index (κ1) is 11.0. The summed E-state index contributed by atoms with van der Waals surface area (Å²) in [6.07, 6.45) is 0.611. The van der Waals surface area contributed by atoms with E-state index in [0.717, 1.165) is 0 Å². The van der Waals surface area contributed by atoms with Gasteiger partial charge in [-0.2, -0.15) is 0 Å². The number of carbonyl (C=O) groups is 2. The monoisotopic (exact) mass is 201 g/mol. The molecule has 1 aliphatic heterocycles. The molecule has 1 saturated heterocycles. The van der Waals surface area contributed by atoms with Crippen LogP contribution in [0.1, 0.15) is 20.3 Å². The van der Waals surface area contributed by atoms with Crippen LogP contribution in [0.3, 0.4) is 0 Å². The van der Waals surface area contributed by atoms with Crippen molar-refractivity contribution >= 4 is 11.9 Å². The average molecular weight is 201 g/mol. The zero-order valence-electron chi connectivity index (χ0n) is 8.41. The van der Waals surface area contributed by atoms with Gasteiger partial charge in [-0.15, -0.1) is 0 Å². The summed E-state index contributed by atoms with van der Waals surface area (Å²) in [7, 11) is 0. The molecule has 5 heteroatoms. The van der Waals surface area contributed by atoms with Crippen LogP contribution in [-0.2, 0) is 19.1 Å². The van der Waals surface area contributed by atoms with E-state index in [4.69, 9.17) is 9.47 Å². The zero-order valence-corrected chi connectivity index (χ0v) is 8.41. The molecule has 5 nitrogen and oxygen atoms in total. The van der Waals surface area contributed by atoms with Gasteiger partial charge in [0.15, 0.2) is 0 Å². The third-order valence-corrected chi connectivity index (χ3v) is 2.00. The molecule has 1 heterocycles. The normalized spacial score (nSPS) is 25.9. The van der Waals surface area contributed by atoms with E-state index in [1.54, 1.807) is 0 Å². The SMILES string of the molecule is CC(=O)OC[C@@H]1C[C@@H](OC(C)=O)CN1. The minimum atomic E-state index is -0.289. The van der Waals surface area contributed by atoms with Gasteiger partial charge in [0.2, 0.25) is 0 Å². The van der Waals surface area contributed by atoms with Crippen molar-refractivity contribution in [2.75, 3.05) is 13.2 Å². The summed E-state index contributed by atoms with van der Waals surface area (Å²) in [5.41, 5.74) is 0. The third-order valence-electron chi connectivity index (χ3n) is 2.00. The Bertz CT molecular complexity index is 229. The maximum atomic E-state index is 10.6. The number of hydrogen-bond acceptors (Lipinski definition) is 5. The standard InChI is InChI=1S/C9H15NO4/c1-6(11)13-5-8-3-9(4-10-8)14-7(2)12/h8-10H,3-5H2,1-2H3/t8-,9+/m0/s1. The molecule has 14 heavy (non-hydrogen) atoms. The summed E-state index contributed by atoms with van der Waals surface area (Å²) < 4.78 is 9.84.